The van der Waals surface area contributed by atoms with Gasteiger partial charge in [-0.25, -0.2) is 24.5 Å². The molecule has 2 fully saturated rings. The Morgan fingerprint density at radius 3 is 1.38 bits per heavy atom. The fourth-order valence-corrected chi connectivity index (χ4v) is 9.90. The summed E-state index contributed by atoms with van der Waals surface area (Å²) in [7, 11) is -8.35. The van der Waals surface area contributed by atoms with Gasteiger partial charge in [0.15, 0.2) is 34.8 Å². The van der Waals surface area contributed by atoms with Gasteiger partial charge < -0.3 is 54.2 Å². The Hall–Kier alpha value is -3.28. The van der Waals surface area contributed by atoms with Crippen molar-refractivity contribution in [3.8, 4) is 0 Å². The smallest absolute Gasteiger partial charge is 0.387 e. The molecule has 6 rings (SSSR count). The fraction of sp³-hybridized carbons (Fsp3) is 0.744. The number of H-pyrrole nitrogens is 2. The molecule has 0 amide bonds. The van der Waals surface area contributed by atoms with Crippen LogP contribution in [0.3, 0.4) is 0 Å². The van der Waals surface area contributed by atoms with E-state index in [1.54, 1.807) is 0 Å². The molecule has 0 radical (unpaired) electrons. The molecule has 25 heteroatoms. The van der Waals surface area contributed by atoms with Crippen molar-refractivity contribution >= 4 is 37.7 Å². The van der Waals surface area contributed by atoms with Crippen LogP contribution in [0.25, 0.3) is 22.3 Å². The van der Waals surface area contributed by atoms with Crippen molar-refractivity contribution in [2.24, 2.45) is 0 Å². The number of nitrogens with zero attached hydrogens (tertiary/aromatic N) is 6. The first kappa shape index (κ1) is 50.1. The van der Waals surface area contributed by atoms with Gasteiger partial charge in [0, 0.05) is 6.16 Å². The number of rotatable bonds is 29. The molecular weight excluding hydrogens is 882 g/mol. The van der Waals surface area contributed by atoms with Crippen LogP contribution < -0.4 is 11.1 Å². The van der Waals surface area contributed by atoms with Crippen molar-refractivity contribution in [1.29, 1.82) is 0 Å². The zero-order chi connectivity index (χ0) is 45.7. The quantitative estimate of drug-likeness (QED) is 0.0285. The lowest BCUT2D eigenvalue weighted by Crippen LogP contribution is -2.33. The van der Waals surface area contributed by atoms with Gasteiger partial charge in [-0.2, -0.15) is 0 Å². The minimum Gasteiger partial charge on any atom is -0.387 e. The molecule has 0 spiro atoms. The molecule has 8 N–H and O–H groups in total. The number of hydrogen-bond acceptors (Lipinski definition) is 17. The normalized spacial score (nSPS) is 25.7. The largest absolute Gasteiger partial charge is 0.472 e. The molecule has 10 atom stereocenters. The van der Waals surface area contributed by atoms with Gasteiger partial charge in [-0.05, 0) is 12.8 Å². The van der Waals surface area contributed by atoms with Gasteiger partial charge in [0.2, 0.25) is 0 Å². The molecular formula is C39H62N8O15P2. The van der Waals surface area contributed by atoms with E-state index in [-0.39, 0.29) is 41.7 Å². The molecule has 0 aromatic carbocycles. The topological polar surface area (TPSA) is 329 Å². The summed E-state index contributed by atoms with van der Waals surface area (Å²) in [6, 6.07) is 0. The third kappa shape index (κ3) is 13.6. The van der Waals surface area contributed by atoms with Crippen LogP contribution in [0.4, 0.5) is 0 Å². The van der Waals surface area contributed by atoms with Gasteiger partial charge in [-0.1, -0.05) is 96.3 Å². The fourth-order valence-electron chi connectivity index (χ4n) is 8.00. The van der Waals surface area contributed by atoms with Gasteiger partial charge in [-0.3, -0.25) is 32.3 Å². The van der Waals surface area contributed by atoms with Crippen molar-refractivity contribution in [3.05, 3.63) is 46.0 Å². The molecule has 2 saturated heterocycles. The van der Waals surface area contributed by atoms with Crippen LogP contribution in [-0.2, 0) is 32.2 Å². The van der Waals surface area contributed by atoms with Crippen LogP contribution in [-0.4, -0.2) is 132 Å². The number of phosphoric acid groups is 1. The average molecular weight is 945 g/mol. The van der Waals surface area contributed by atoms with Gasteiger partial charge in [0.25, 0.3) is 11.1 Å². The Labute approximate surface area is 368 Å². The van der Waals surface area contributed by atoms with E-state index in [4.69, 9.17) is 23.0 Å². The molecule has 2 aliphatic rings. The zero-order valence-electron chi connectivity index (χ0n) is 35.7. The van der Waals surface area contributed by atoms with Gasteiger partial charge in [0.05, 0.1) is 45.1 Å². The number of hydrogen-bond donors (Lipinski definition) is 8. The standard InChI is InChI=1S/C39H62N8O15P2/c48-30-26(61-38(32(30)50)46-24-44-28-34(46)40-22-42-36(28)52)20-59-63(54,55)19-17-15-13-11-9-7-5-3-1-2-4-6-8-10-12-14-16-18-58-64(56,57)60-21-27-31(49)33(51)39(62-27)47-25-45-29-35(47)41-23-43-37(29)53/h22-27,30-33,38-39,48-51H,1-21H2,(H,54,55)(H,56,57)(H,40,42,52)(H,41,43,53)/t26-,27-,30-,31-,32-,33-,38-,39-/m1/s1. The summed E-state index contributed by atoms with van der Waals surface area (Å²) in [4.78, 5) is 65.3. The van der Waals surface area contributed by atoms with Gasteiger partial charge in [0.1, 0.15) is 36.6 Å². The molecule has 23 nitrogen and oxygen atoms in total. The number of aromatic amines is 2. The number of aliphatic hydroxyl groups is 4. The number of nitrogens with one attached hydrogen (secondary N) is 2. The first-order chi connectivity index (χ1) is 30.8. The zero-order valence-corrected chi connectivity index (χ0v) is 37.5. The summed E-state index contributed by atoms with van der Waals surface area (Å²) in [6.45, 7) is -0.862. The number of aliphatic hydroxyl groups excluding tert-OH is 4. The van der Waals surface area contributed by atoms with Gasteiger partial charge in [-0.15, -0.1) is 0 Å². The van der Waals surface area contributed by atoms with Crippen LogP contribution >= 0.6 is 15.4 Å². The third-order valence-corrected chi connectivity index (χ3v) is 14.1. The minimum absolute atomic E-state index is 0.0137. The number of ether oxygens (including phenoxy) is 2. The Kier molecular flexibility index (Phi) is 18.8. The van der Waals surface area contributed by atoms with Crippen LogP contribution in [0.2, 0.25) is 0 Å². The molecule has 4 aromatic heterocycles. The highest BCUT2D eigenvalue weighted by Gasteiger charge is 2.46. The monoisotopic (exact) mass is 944 g/mol. The van der Waals surface area contributed by atoms with Crippen LogP contribution in [0.5, 0.6) is 0 Å². The first-order valence-corrected chi connectivity index (χ1v) is 25.4. The molecule has 0 aliphatic carbocycles. The van der Waals surface area contributed by atoms with Crippen LogP contribution in [0, 0.1) is 0 Å². The number of unbranched alkanes of at least 4 members (excludes halogenated alkanes) is 16. The lowest BCUT2D eigenvalue weighted by Gasteiger charge is -2.18. The number of aromatic nitrogens is 8. The highest BCUT2D eigenvalue weighted by Crippen LogP contribution is 2.45. The molecule has 0 saturated carbocycles. The summed E-state index contributed by atoms with van der Waals surface area (Å²) in [5.74, 6) is 0. The molecule has 2 unspecified atom stereocenters. The lowest BCUT2D eigenvalue weighted by atomic mass is 10.0. The Morgan fingerprint density at radius 2 is 0.938 bits per heavy atom. The van der Waals surface area contributed by atoms with E-state index < -0.39 is 82.2 Å². The summed E-state index contributed by atoms with van der Waals surface area (Å²) in [6.07, 6.45) is 12.2. The van der Waals surface area contributed by atoms with Crippen molar-refractivity contribution in [1.82, 2.24) is 39.0 Å². The number of imidazole rings is 2. The predicted molar refractivity (Wildman–Crippen MR) is 229 cm³/mol. The third-order valence-electron chi connectivity index (χ3n) is 11.6. The Morgan fingerprint density at radius 1 is 0.547 bits per heavy atom. The first-order valence-electron chi connectivity index (χ1n) is 22.2. The molecule has 358 valence electrons. The number of phosphoric ester groups is 1. The van der Waals surface area contributed by atoms with Crippen LogP contribution in [0.1, 0.15) is 122 Å². The molecule has 64 heavy (non-hydrogen) atoms. The van der Waals surface area contributed by atoms with Crippen molar-refractivity contribution in [3.63, 3.8) is 0 Å². The molecule has 6 heterocycles. The van der Waals surface area contributed by atoms with E-state index in [2.05, 4.69) is 29.9 Å². The Balaban J connectivity index is 0.696. The average Bonchev–Trinajstić information content (AvgIpc) is 4.03. The summed E-state index contributed by atoms with van der Waals surface area (Å²) < 4.78 is 54.5. The highest BCUT2D eigenvalue weighted by atomic mass is 31.2. The van der Waals surface area contributed by atoms with Crippen molar-refractivity contribution in [2.45, 2.75) is 158 Å². The number of fused-ring (bicyclic) bond motifs is 2. The maximum atomic E-state index is 12.6. The predicted octanol–water partition coefficient (Wildman–Crippen LogP) is 3.46. The Bertz CT molecular complexity index is 2120. The van der Waals surface area contributed by atoms with E-state index in [1.807, 2.05) is 0 Å². The molecule has 0 bridgehead atoms. The molecule has 4 aromatic rings. The van der Waals surface area contributed by atoms with Crippen molar-refractivity contribution in [2.75, 3.05) is 26.0 Å². The summed E-state index contributed by atoms with van der Waals surface area (Å²) >= 11 is 0. The summed E-state index contributed by atoms with van der Waals surface area (Å²) in [5, 5.41) is 42.1. The van der Waals surface area contributed by atoms with Crippen molar-refractivity contribution < 1.29 is 62.4 Å². The van der Waals surface area contributed by atoms with E-state index in [9.17, 15) is 48.9 Å². The highest BCUT2D eigenvalue weighted by molar-refractivity contribution is 7.52. The van der Waals surface area contributed by atoms with E-state index in [0.717, 1.165) is 57.8 Å². The van der Waals surface area contributed by atoms with Gasteiger partial charge >= 0.3 is 15.4 Å². The molecule has 2 aliphatic heterocycles. The summed E-state index contributed by atoms with van der Waals surface area (Å²) in [5.41, 5.74) is -0.550. The second kappa shape index (κ2) is 24.0. The lowest BCUT2D eigenvalue weighted by molar-refractivity contribution is -0.0514. The van der Waals surface area contributed by atoms with E-state index >= 15 is 0 Å². The SMILES string of the molecule is O=c1[nH]cnc2c1ncn2[C@@H]1O[C@H](COP(=O)(O)CCCCCCCCCCCCCCCCCCCOP(=O)(O)OC[C@H]2O[C@@H](n3cnc4c(=O)[nH]cnc43)[C@H](O)[C@@H]2O)[C@@H](O)[C@H]1O. The maximum Gasteiger partial charge on any atom is 0.472 e. The maximum absolute atomic E-state index is 12.6. The van der Waals surface area contributed by atoms with E-state index in [1.165, 1.54) is 73.0 Å². The van der Waals surface area contributed by atoms with E-state index in [0.29, 0.717) is 12.8 Å². The van der Waals surface area contributed by atoms with Crippen LogP contribution in [0.15, 0.2) is 34.9 Å². The second-order valence-corrected chi connectivity index (χ2v) is 19.9. The second-order valence-electron chi connectivity index (χ2n) is 16.5. The minimum atomic E-state index is -4.42.